The highest BCUT2D eigenvalue weighted by atomic mass is 79.9. The Morgan fingerprint density at radius 3 is 2.70 bits per heavy atom. The maximum atomic E-state index is 12.4. The first-order chi connectivity index (χ1) is 16.0. The Kier molecular flexibility index (Phi) is 7.69. The first kappa shape index (κ1) is 23.4. The van der Waals surface area contributed by atoms with Crippen molar-refractivity contribution in [1.82, 2.24) is 14.8 Å². The molecule has 2 N–H and O–H groups in total. The molecule has 0 unspecified atom stereocenters. The van der Waals surface area contributed by atoms with Crippen molar-refractivity contribution in [3.05, 3.63) is 71.2 Å². The molecular weight excluding hydrogens is 482 g/mol. The number of allylic oxidation sites excluding steroid dienone is 1. The van der Waals surface area contributed by atoms with Gasteiger partial charge in [-0.15, -0.1) is 16.8 Å². The highest BCUT2D eigenvalue weighted by Crippen LogP contribution is 2.40. The number of fused-ring (bicyclic) bond motifs is 1. The van der Waals surface area contributed by atoms with E-state index in [0.29, 0.717) is 6.54 Å². The van der Waals surface area contributed by atoms with E-state index in [2.05, 4.69) is 67.2 Å². The number of benzene rings is 2. The van der Waals surface area contributed by atoms with Crippen molar-refractivity contribution in [2.75, 3.05) is 19.6 Å². The largest absolute Gasteiger partial charge is 0.493 e. The Morgan fingerprint density at radius 1 is 1.21 bits per heavy atom. The molecule has 3 aromatic rings. The van der Waals surface area contributed by atoms with Crippen LogP contribution in [0.25, 0.3) is 10.9 Å². The molecule has 2 heterocycles. The zero-order chi connectivity index (χ0) is 23.2. The van der Waals surface area contributed by atoms with E-state index in [9.17, 15) is 9.90 Å². The fourth-order valence-electron chi connectivity index (χ4n) is 4.22. The van der Waals surface area contributed by atoms with Crippen LogP contribution >= 0.6 is 15.9 Å². The van der Waals surface area contributed by atoms with Crippen LogP contribution in [0.1, 0.15) is 18.4 Å². The number of carbonyl (C=O) groups is 1. The van der Waals surface area contributed by atoms with Gasteiger partial charge in [0.2, 0.25) is 5.88 Å². The highest BCUT2D eigenvalue weighted by Gasteiger charge is 2.20. The summed E-state index contributed by atoms with van der Waals surface area (Å²) in [4.78, 5) is 14.8. The van der Waals surface area contributed by atoms with Crippen LogP contribution in [-0.2, 0) is 17.9 Å². The molecule has 0 bridgehead atoms. The van der Waals surface area contributed by atoms with Crippen LogP contribution in [0.15, 0.2) is 75.9 Å². The van der Waals surface area contributed by atoms with Crippen molar-refractivity contribution in [3.63, 3.8) is 0 Å². The van der Waals surface area contributed by atoms with Gasteiger partial charge in [-0.1, -0.05) is 52.3 Å². The number of amides is 1. The molecule has 1 amide bonds. The smallest absolute Gasteiger partial charge is 0.278 e. The first-order valence-electron chi connectivity index (χ1n) is 11.1. The van der Waals surface area contributed by atoms with Gasteiger partial charge < -0.3 is 15.0 Å². The van der Waals surface area contributed by atoms with Crippen LogP contribution in [0, 0.1) is 0 Å². The topological polar surface area (TPSA) is 82.2 Å². The maximum absolute atomic E-state index is 12.4. The van der Waals surface area contributed by atoms with E-state index in [1.54, 1.807) is 10.6 Å². The lowest BCUT2D eigenvalue weighted by Crippen LogP contribution is -2.43. The van der Waals surface area contributed by atoms with E-state index < -0.39 is 0 Å². The Labute approximate surface area is 201 Å². The molecule has 7 nitrogen and oxygen atoms in total. The van der Waals surface area contributed by atoms with Gasteiger partial charge in [0.1, 0.15) is 0 Å². The number of nitrogens with one attached hydrogen (secondary N) is 1. The molecule has 0 atom stereocenters. The standard InChI is InChI=1S/C25H28BrN5O2/c1-2-12-31-22-9-8-19(26)15-21(22)24(25(31)33)29-28-23(32)16-27-20-10-13-30(14-11-20)17-18-6-4-3-5-7-18/h2-9,15,20,27,33H,1,10-14,16-17H2. The van der Waals surface area contributed by atoms with Gasteiger partial charge in [-0.05, 0) is 49.7 Å². The summed E-state index contributed by atoms with van der Waals surface area (Å²) in [7, 11) is 0. The van der Waals surface area contributed by atoms with Gasteiger partial charge in [0.25, 0.3) is 5.91 Å². The normalized spacial score (nSPS) is 15.4. The van der Waals surface area contributed by atoms with Gasteiger partial charge in [-0.25, -0.2) is 0 Å². The molecule has 4 rings (SSSR count). The van der Waals surface area contributed by atoms with Crippen LogP contribution in [-0.4, -0.2) is 46.2 Å². The van der Waals surface area contributed by atoms with E-state index in [-0.39, 0.29) is 30.1 Å². The van der Waals surface area contributed by atoms with Crippen molar-refractivity contribution in [2.24, 2.45) is 10.2 Å². The van der Waals surface area contributed by atoms with Gasteiger partial charge in [0, 0.05) is 29.0 Å². The third-order valence-corrected chi connectivity index (χ3v) is 6.42. The summed E-state index contributed by atoms with van der Waals surface area (Å²) in [5, 5.41) is 22.6. The SMILES string of the molecule is C=CCn1c(O)c(N=NC(=O)CNC2CCN(Cc3ccccc3)CC2)c2cc(Br)ccc21. The van der Waals surface area contributed by atoms with E-state index in [1.165, 1.54) is 5.56 Å². The second-order valence-corrected chi connectivity index (χ2v) is 9.16. The Hall–Kier alpha value is -2.81. The number of hydrogen-bond donors (Lipinski definition) is 2. The summed E-state index contributed by atoms with van der Waals surface area (Å²) in [6, 6.07) is 16.4. The summed E-state index contributed by atoms with van der Waals surface area (Å²) in [5.74, 6) is -0.390. The van der Waals surface area contributed by atoms with Crippen LogP contribution in [0.5, 0.6) is 5.88 Å². The zero-order valence-electron chi connectivity index (χ0n) is 18.5. The maximum Gasteiger partial charge on any atom is 0.278 e. The second kappa shape index (κ2) is 10.9. The first-order valence-corrected chi connectivity index (χ1v) is 11.9. The highest BCUT2D eigenvalue weighted by molar-refractivity contribution is 9.10. The number of rotatable bonds is 8. The summed E-state index contributed by atoms with van der Waals surface area (Å²) in [6.45, 7) is 7.24. The number of halogens is 1. The minimum absolute atomic E-state index is 0.0294. The van der Waals surface area contributed by atoms with Crippen molar-refractivity contribution in [3.8, 4) is 5.88 Å². The molecular formula is C25H28BrN5O2. The van der Waals surface area contributed by atoms with Gasteiger partial charge in [-0.2, -0.15) is 0 Å². The number of aromatic nitrogens is 1. The minimum atomic E-state index is -0.360. The Balaban J connectivity index is 1.32. The molecule has 1 fully saturated rings. The number of carbonyl (C=O) groups excluding carboxylic acids is 1. The third kappa shape index (κ3) is 5.76. The zero-order valence-corrected chi connectivity index (χ0v) is 20.0. The summed E-state index contributed by atoms with van der Waals surface area (Å²) in [5.41, 5.74) is 2.41. The predicted octanol–water partition coefficient (Wildman–Crippen LogP) is 5.16. The fraction of sp³-hybridized carbons (Fsp3) is 0.320. The molecule has 1 aliphatic heterocycles. The molecule has 172 valence electrons. The molecule has 0 aliphatic carbocycles. The number of likely N-dealkylation sites (tertiary alicyclic amines) is 1. The number of azo groups is 1. The van der Waals surface area contributed by atoms with E-state index in [0.717, 1.165) is 47.9 Å². The lowest BCUT2D eigenvalue weighted by atomic mass is 10.0. The number of nitrogens with zero attached hydrogens (tertiary/aromatic N) is 4. The molecule has 1 aromatic heterocycles. The number of hydrogen-bond acceptors (Lipinski definition) is 5. The fourth-order valence-corrected chi connectivity index (χ4v) is 4.58. The predicted molar refractivity (Wildman–Crippen MR) is 134 cm³/mol. The molecule has 0 saturated carbocycles. The van der Waals surface area contributed by atoms with Gasteiger partial charge in [0.05, 0.1) is 12.1 Å². The van der Waals surface area contributed by atoms with Crippen molar-refractivity contribution in [2.45, 2.75) is 32.0 Å². The molecule has 8 heteroatoms. The molecule has 33 heavy (non-hydrogen) atoms. The van der Waals surface area contributed by atoms with Gasteiger partial charge in [0.15, 0.2) is 5.69 Å². The second-order valence-electron chi connectivity index (χ2n) is 8.24. The Morgan fingerprint density at radius 2 is 1.97 bits per heavy atom. The Bertz CT molecular complexity index is 1150. The van der Waals surface area contributed by atoms with Crippen LogP contribution in [0.2, 0.25) is 0 Å². The quantitative estimate of drug-likeness (QED) is 0.324. The summed E-state index contributed by atoms with van der Waals surface area (Å²) < 4.78 is 2.54. The van der Waals surface area contributed by atoms with E-state index in [4.69, 9.17) is 0 Å². The third-order valence-electron chi connectivity index (χ3n) is 5.92. The van der Waals surface area contributed by atoms with E-state index in [1.807, 2.05) is 24.3 Å². The van der Waals surface area contributed by atoms with Crippen LogP contribution < -0.4 is 5.32 Å². The number of aromatic hydroxyl groups is 1. The number of piperidine rings is 1. The molecule has 0 spiro atoms. The molecule has 1 saturated heterocycles. The lowest BCUT2D eigenvalue weighted by Gasteiger charge is -2.32. The average Bonchev–Trinajstić information content (AvgIpc) is 3.08. The van der Waals surface area contributed by atoms with Crippen molar-refractivity contribution in [1.29, 1.82) is 0 Å². The van der Waals surface area contributed by atoms with Crippen LogP contribution in [0.3, 0.4) is 0 Å². The lowest BCUT2D eigenvalue weighted by molar-refractivity contribution is -0.117. The monoisotopic (exact) mass is 509 g/mol. The summed E-state index contributed by atoms with van der Waals surface area (Å²) >= 11 is 3.45. The van der Waals surface area contributed by atoms with Gasteiger partial charge >= 0.3 is 0 Å². The molecule has 0 radical (unpaired) electrons. The molecule has 1 aliphatic rings. The van der Waals surface area contributed by atoms with Gasteiger partial charge in [-0.3, -0.25) is 9.69 Å². The average molecular weight is 510 g/mol. The van der Waals surface area contributed by atoms with Crippen LogP contribution in [0.4, 0.5) is 5.69 Å². The minimum Gasteiger partial charge on any atom is -0.493 e. The molecule has 2 aromatic carbocycles. The van der Waals surface area contributed by atoms with E-state index >= 15 is 0 Å². The summed E-state index contributed by atoms with van der Waals surface area (Å²) in [6.07, 6.45) is 3.67. The van der Waals surface area contributed by atoms with Crippen molar-refractivity contribution >= 4 is 38.4 Å². The van der Waals surface area contributed by atoms with Crippen molar-refractivity contribution < 1.29 is 9.90 Å².